The van der Waals surface area contributed by atoms with Gasteiger partial charge in [0.1, 0.15) is 0 Å². The number of nitrogens with zero attached hydrogens (tertiary/aromatic N) is 2. The first-order chi connectivity index (χ1) is 9.20. The lowest BCUT2D eigenvalue weighted by atomic mass is 10.1. The van der Waals surface area contributed by atoms with E-state index in [1.807, 2.05) is 24.3 Å². The number of hydrogen-bond acceptors (Lipinski definition) is 5. The molecule has 98 valence electrons. The van der Waals surface area contributed by atoms with Gasteiger partial charge < -0.3 is 10.5 Å². The predicted octanol–water partition coefficient (Wildman–Crippen LogP) is 1.88. The van der Waals surface area contributed by atoms with Crippen molar-refractivity contribution in [1.82, 2.24) is 9.97 Å². The zero-order valence-corrected chi connectivity index (χ0v) is 10.7. The van der Waals surface area contributed by atoms with Crippen molar-refractivity contribution in [3.05, 3.63) is 47.9 Å². The lowest BCUT2D eigenvalue weighted by Gasteiger charge is -2.05. The number of rotatable bonds is 5. The third-order valence-electron chi connectivity index (χ3n) is 2.74. The molecule has 0 bridgehead atoms. The van der Waals surface area contributed by atoms with Crippen molar-refractivity contribution in [2.45, 2.75) is 12.8 Å². The Bertz CT molecular complexity index is 567. The third kappa shape index (κ3) is 3.28. The number of anilines is 1. The zero-order chi connectivity index (χ0) is 13.7. The number of methoxy groups -OCH3 is 1. The quantitative estimate of drug-likeness (QED) is 0.653. The first-order valence-electron chi connectivity index (χ1n) is 5.93. The fourth-order valence-electron chi connectivity index (χ4n) is 1.73. The molecule has 0 aliphatic heterocycles. The number of ether oxygens (including phenoxy) is 1. The van der Waals surface area contributed by atoms with Crippen LogP contribution in [0, 0.1) is 0 Å². The molecule has 2 N–H and O–H groups in total. The minimum Gasteiger partial charge on any atom is -0.479 e. The van der Waals surface area contributed by atoms with Crippen LogP contribution in [0.25, 0.3) is 0 Å². The van der Waals surface area contributed by atoms with E-state index in [1.165, 1.54) is 19.5 Å². The maximum atomic E-state index is 12.1. The van der Waals surface area contributed by atoms with Crippen molar-refractivity contribution in [3.63, 3.8) is 0 Å². The van der Waals surface area contributed by atoms with Crippen molar-refractivity contribution in [3.8, 4) is 5.88 Å². The summed E-state index contributed by atoms with van der Waals surface area (Å²) in [6.07, 6.45) is 3.98. The Balaban J connectivity index is 2.03. The van der Waals surface area contributed by atoms with Crippen LogP contribution in [0.15, 0.2) is 36.7 Å². The molecule has 1 heterocycles. The number of aryl methyl sites for hydroxylation is 1. The Hall–Kier alpha value is -2.43. The number of Topliss-reactive ketones (excluding diaryl/α,β-unsaturated/α-hetero) is 1. The van der Waals surface area contributed by atoms with Crippen LogP contribution in [-0.4, -0.2) is 22.9 Å². The van der Waals surface area contributed by atoms with E-state index in [9.17, 15) is 4.79 Å². The number of ketones is 1. The zero-order valence-electron chi connectivity index (χ0n) is 10.7. The molecule has 0 radical (unpaired) electrons. The number of nitrogen functional groups attached to an aromatic ring is 1. The molecule has 0 aliphatic carbocycles. The topological polar surface area (TPSA) is 78.1 Å². The van der Waals surface area contributed by atoms with Crippen LogP contribution < -0.4 is 10.5 Å². The summed E-state index contributed by atoms with van der Waals surface area (Å²) in [5.74, 6) is 0.187. The van der Waals surface area contributed by atoms with E-state index in [4.69, 9.17) is 10.5 Å². The van der Waals surface area contributed by atoms with Gasteiger partial charge >= 0.3 is 0 Å². The second-order valence-electron chi connectivity index (χ2n) is 4.08. The van der Waals surface area contributed by atoms with E-state index < -0.39 is 0 Å². The van der Waals surface area contributed by atoms with E-state index in [1.54, 1.807) is 0 Å². The van der Waals surface area contributed by atoms with Gasteiger partial charge in [-0.05, 0) is 24.1 Å². The minimum absolute atomic E-state index is 0.0817. The van der Waals surface area contributed by atoms with Crippen molar-refractivity contribution < 1.29 is 9.53 Å². The Labute approximate surface area is 111 Å². The maximum absolute atomic E-state index is 12.1. The van der Waals surface area contributed by atoms with Crippen molar-refractivity contribution in [2.24, 2.45) is 0 Å². The van der Waals surface area contributed by atoms with E-state index in [2.05, 4.69) is 9.97 Å². The van der Waals surface area contributed by atoms with Crippen LogP contribution in [0.1, 0.15) is 22.5 Å². The smallest absolute Gasteiger partial charge is 0.243 e. The van der Waals surface area contributed by atoms with Crippen LogP contribution >= 0.6 is 0 Å². The average molecular weight is 257 g/mol. The molecule has 2 aromatic rings. The van der Waals surface area contributed by atoms with Crippen molar-refractivity contribution in [2.75, 3.05) is 12.8 Å². The Morgan fingerprint density at radius 1 is 1.21 bits per heavy atom. The predicted molar refractivity (Wildman–Crippen MR) is 72.1 cm³/mol. The van der Waals surface area contributed by atoms with Crippen molar-refractivity contribution in [1.29, 1.82) is 0 Å². The van der Waals surface area contributed by atoms with E-state index >= 15 is 0 Å². The Morgan fingerprint density at radius 3 is 2.58 bits per heavy atom. The van der Waals surface area contributed by atoms with E-state index in [0.29, 0.717) is 18.5 Å². The highest BCUT2D eigenvalue weighted by Crippen LogP contribution is 2.15. The Morgan fingerprint density at radius 2 is 1.89 bits per heavy atom. The Kier molecular flexibility index (Phi) is 4.07. The van der Waals surface area contributed by atoms with Gasteiger partial charge in [-0.1, -0.05) is 12.1 Å². The van der Waals surface area contributed by atoms with E-state index in [-0.39, 0.29) is 17.4 Å². The lowest BCUT2D eigenvalue weighted by molar-refractivity contribution is 0.0974. The second-order valence-corrected chi connectivity index (χ2v) is 4.08. The highest BCUT2D eigenvalue weighted by molar-refractivity contribution is 5.96. The molecule has 0 spiro atoms. The molecule has 0 unspecified atom stereocenters. The van der Waals surface area contributed by atoms with Gasteiger partial charge in [0.2, 0.25) is 5.88 Å². The van der Waals surface area contributed by atoms with Crippen LogP contribution in [-0.2, 0) is 6.42 Å². The maximum Gasteiger partial charge on any atom is 0.243 e. The van der Waals surface area contributed by atoms with Gasteiger partial charge in [0.25, 0.3) is 0 Å². The molecule has 0 aliphatic rings. The molecule has 0 saturated heterocycles. The summed E-state index contributed by atoms with van der Waals surface area (Å²) in [5.41, 5.74) is 7.66. The lowest BCUT2D eigenvalue weighted by Crippen LogP contribution is -2.07. The average Bonchev–Trinajstić information content (AvgIpc) is 2.46. The fraction of sp³-hybridized carbons (Fsp3) is 0.214. The highest BCUT2D eigenvalue weighted by Gasteiger charge is 2.14. The van der Waals surface area contributed by atoms with Crippen LogP contribution in [0.5, 0.6) is 5.88 Å². The standard InChI is InChI=1S/C14H15N3O2/c1-19-14-13(16-8-9-17-14)12(18)7-4-10-2-5-11(15)6-3-10/h2-3,5-6,8-9H,4,7,15H2,1H3. The summed E-state index contributed by atoms with van der Waals surface area (Å²) >= 11 is 0. The number of aromatic nitrogens is 2. The molecular weight excluding hydrogens is 242 g/mol. The van der Waals surface area contributed by atoms with Gasteiger partial charge in [-0.2, -0.15) is 0 Å². The summed E-state index contributed by atoms with van der Waals surface area (Å²) in [4.78, 5) is 20.0. The number of hydrogen-bond donors (Lipinski definition) is 1. The molecule has 1 aromatic heterocycles. The summed E-state index contributed by atoms with van der Waals surface area (Å²) in [7, 11) is 1.47. The molecule has 2 rings (SSSR count). The molecule has 1 aromatic carbocycles. The monoisotopic (exact) mass is 257 g/mol. The SMILES string of the molecule is COc1nccnc1C(=O)CCc1ccc(N)cc1. The summed E-state index contributed by atoms with van der Waals surface area (Å²) in [6, 6.07) is 7.47. The first kappa shape index (κ1) is 13.0. The largest absolute Gasteiger partial charge is 0.479 e. The molecule has 0 saturated carbocycles. The van der Waals surface area contributed by atoms with Gasteiger partial charge in [0.05, 0.1) is 7.11 Å². The normalized spacial score (nSPS) is 10.2. The van der Waals surface area contributed by atoms with Gasteiger partial charge in [-0.25, -0.2) is 9.97 Å². The van der Waals surface area contributed by atoms with Gasteiger partial charge in [0, 0.05) is 24.5 Å². The molecule has 0 atom stereocenters. The fourth-order valence-corrected chi connectivity index (χ4v) is 1.73. The summed E-state index contributed by atoms with van der Waals surface area (Å²) in [6.45, 7) is 0. The van der Waals surface area contributed by atoms with Gasteiger partial charge in [-0.3, -0.25) is 4.79 Å². The molecule has 0 amide bonds. The second kappa shape index (κ2) is 5.95. The number of nitrogens with two attached hydrogens (primary N) is 1. The molecular formula is C14H15N3O2. The van der Waals surface area contributed by atoms with Crippen LogP contribution in [0.4, 0.5) is 5.69 Å². The third-order valence-corrected chi connectivity index (χ3v) is 2.74. The number of carbonyl (C=O) groups is 1. The number of benzene rings is 1. The first-order valence-corrected chi connectivity index (χ1v) is 5.93. The highest BCUT2D eigenvalue weighted by atomic mass is 16.5. The van der Waals surface area contributed by atoms with E-state index in [0.717, 1.165) is 5.56 Å². The molecule has 5 nitrogen and oxygen atoms in total. The minimum atomic E-state index is -0.0817. The summed E-state index contributed by atoms with van der Waals surface area (Å²) < 4.78 is 5.02. The van der Waals surface area contributed by atoms with Gasteiger partial charge in [0.15, 0.2) is 11.5 Å². The summed E-state index contributed by atoms with van der Waals surface area (Å²) in [5, 5.41) is 0. The molecule has 0 fully saturated rings. The van der Waals surface area contributed by atoms with Crippen molar-refractivity contribution >= 4 is 11.5 Å². The molecule has 5 heteroatoms. The van der Waals surface area contributed by atoms with Crippen LogP contribution in [0.2, 0.25) is 0 Å². The van der Waals surface area contributed by atoms with Crippen LogP contribution in [0.3, 0.4) is 0 Å². The molecule has 19 heavy (non-hydrogen) atoms. The number of carbonyl (C=O) groups excluding carboxylic acids is 1. The van der Waals surface area contributed by atoms with Gasteiger partial charge in [-0.15, -0.1) is 0 Å².